The molecule has 0 atom stereocenters. The van der Waals surface area contributed by atoms with Crippen LogP contribution in [0.2, 0.25) is 0 Å². The Labute approximate surface area is 75.6 Å². The van der Waals surface area contributed by atoms with Gasteiger partial charge in [-0.3, -0.25) is 4.57 Å². The second kappa shape index (κ2) is 3.76. The van der Waals surface area contributed by atoms with Crippen molar-refractivity contribution in [3.05, 3.63) is 46.6 Å². The van der Waals surface area contributed by atoms with Crippen LogP contribution in [0.25, 0.3) is 12.2 Å². The van der Waals surface area contributed by atoms with E-state index in [4.69, 9.17) is 4.42 Å². The molecule has 3 nitrogen and oxygen atoms in total. The molecule has 3 heteroatoms. The van der Waals surface area contributed by atoms with Crippen molar-refractivity contribution in [3.63, 3.8) is 0 Å². The minimum Gasteiger partial charge on any atom is -0.408 e. The number of rotatable bonds is 2. The largest absolute Gasteiger partial charge is 0.419 e. The van der Waals surface area contributed by atoms with E-state index in [2.05, 4.69) is 13.2 Å². The van der Waals surface area contributed by atoms with E-state index in [1.807, 2.05) is 0 Å². The van der Waals surface area contributed by atoms with Gasteiger partial charge in [-0.25, -0.2) is 4.79 Å². The Morgan fingerprint density at radius 2 is 1.92 bits per heavy atom. The lowest BCUT2D eigenvalue weighted by atomic mass is 10.4. The zero-order valence-corrected chi connectivity index (χ0v) is 7.49. The van der Waals surface area contributed by atoms with Crippen LogP contribution in [0.5, 0.6) is 0 Å². The van der Waals surface area contributed by atoms with Crippen LogP contribution in [0.3, 0.4) is 0 Å². The summed E-state index contributed by atoms with van der Waals surface area (Å²) in [6.07, 6.45) is 6.51. The zero-order chi connectivity index (χ0) is 9.84. The van der Waals surface area contributed by atoms with Crippen molar-refractivity contribution in [1.82, 2.24) is 4.57 Å². The van der Waals surface area contributed by atoms with Crippen LogP contribution < -0.4 is 16.5 Å². The molecule has 0 fully saturated rings. The van der Waals surface area contributed by atoms with Crippen LogP contribution >= 0.6 is 0 Å². The molecule has 0 N–H and O–H groups in total. The Bertz CT molecular complexity index is 488. The van der Waals surface area contributed by atoms with E-state index < -0.39 is 0 Å². The molecule has 1 rings (SSSR count). The van der Waals surface area contributed by atoms with Gasteiger partial charge >= 0.3 is 5.76 Å². The summed E-state index contributed by atoms with van der Waals surface area (Å²) in [5.41, 5.74) is 0.502. The SMILES string of the molecule is C=C/C=c1/oc(=O)n(C)/c1=C/C=C. The molecule has 0 saturated carbocycles. The lowest BCUT2D eigenvalue weighted by molar-refractivity contribution is 0.470. The fourth-order valence-electron chi connectivity index (χ4n) is 1.01. The first kappa shape index (κ1) is 9.32. The van der Waals surface area contributed by atoms with E-state index >= 15 is 0 Å². The number of allylic oxidation sites excluding steroid dienone is 2. The number of nitrogens with zero attached hydrogens (tertiary/aromatic N) is 1. The summed E-state index contributed by atoms with van der Waals surface area (Å²) in [4.78, 5) is 11.1. The molecular weight excluding hydrogens is 166 g/mol. The molecule has 0 radical (unpaired) electrons. The Hall–Kier alpha value is -1.77. The highest BCUT2D eigenvalue weighted by Crippen LogP contribution is 1.68. The van der Waals surface area contributed by atoms with Crippen LogP contribution in [-0.4, -0.2) is 4.57 Å². The van der Waals surface area contributed by atoms with Gasteiger partial charge in [0.25, 0.3) is 0 Å². The van der Waals surface area contributed by atoms with Gasteiger partial charge in [-0.1, -0.05) is 25.3 Å². The molecule has 0 aromatic carbocycles. The molecule has 13 heavy (non-hydrogen) atoms. The summed E-state index contributed by atoms with van der Waals surface area (Å²) in [5.74, 6) is -0.388. The second-order valence-corrected chi connectivity index (χ2v) is 2.48. The molecule has 0 bridgehead atoms. The number of hydrogen-bond donors (Lipinski definition) is 0. The standard InChI is InChI=1S/C10H11NO2/c1-4-6-8-9(7-5-2)13-10(12)11(8)3/h4-7H,1-2H2,3H3/b8-6+,9-7+. The molecule has 0 amide bonds. The van der Waals surface area contributed by atoms with Gasteiger partial charge in [0.2, 0.25) is 0 Å². The Kier molecular flexibility index (Phi) is 2.69. The summed E-state index contributed by atoms with van der Waals surface area (Å²) in [7, 11) is 1.64. The molecule has 1 aromatic heterocycles. The Morgan fingerprint density at radius 1 is 1.31 bits per heavy atom. The van der Waals surface area contributed by atoms with Crippen molar-refractivity contribution >= 4 is 12.2 Å². The Balaban J connectivity index is 3.74. The minimum atomic E-state index is -0.388. The van der Waals surface area contributed by atoms with Crippen LogP contribution in [0, 0.1) is 0 Å². The summed E-state index contributed by atoms with van der Waals surface area (Å²) >= 11 is 0. The van der Waals surface area contributed by atoms with Crippen LogP contribution in [0.1, 0.15) is 0 Å². The third-order valence-corrected chi connectivity index (χ3v) is 1.63. The lowest BCUT2D eigenvalue weighted by Gasteiger charge is -1.82. The molecule has 0 aliphatic carbocycles. The fourth-order valence-corrected chi connectivity index (χ4v) is 1.01. The van der Waals surface area contributed by atoms with Crippen LogP contribution in [0.15, 0.2) is 34.5 Å². The van der Waals surface area contributed by atoms with Gasteiger partial charge in [0.1, 0.15) is 0 Å². The topological polar surface area (TPSA) is 35.1 Å². The maximum atomic E-state index is 11.1. The molecule has 0 unspecified atom stereocenters. The number of aromatic nitrogens is 1. The predicted molar refractivity (Wildman–Crippen MR) is 52.5 cm³/mol. The predicted octanol–water partition coefficient (Wildman–Crippen LogP) is -0.0887. The van der Waals surface area contributed by atoms with Gasteiger partial charge < -0.3 is 4.42 Å². The highest BCUT2D eigenvalue weighted by atomic mass is 16.4. The van der Waals surface area contributed by atoms with Gasteiger partial charge in [-0.2, -0.15) is 0 Å². The van der Waals surface area contributed by atoms with Crippen LogP contribution in [-0.2, 0) is 7.05 Å². The van der Waals surface area contributed by atoms with Gasteiger partial charge in [0, 0.05) is 7.05 Å². The second-order valence-electron chi connectivity index (χ2n) is 2.48. The lowest BCUT2D eigenvalue weighted by Crippen LogP contribution is -2.29. The maximum Gasteiger partial charge on any atom is 0.419 e. The third kappa shape index (κ3) is 1.69. The van der Waals surface area contributed by atoms with E-state index in [1.165, 1.54) is 4.57 Å². The highest BCUT2D eigenvalue weighted by molar-refractivity contribution is 5.37. The first-order chi connectivity index (χ1) is 6.20. The fraction of sp³-hybridized carbons (Fsp3) is 0.100. The molecule has 1 heterocycles. The van der Waals surface area contributed by atoms with E-state index in [0.29, 0.717) is 10.8 Å². The highest BCUT2D eigenvalue weighted by Gasteiger charge is 1.97. The third-order valence-electron chi connectivity index (χ3n) is 1.63. The number of hydrogen-bond acceptors (Lipinski definition) is 2. The van der Waals surface area contributed by atoms with Crippen molar-refractivity contribution in [3.8, 4) is 0 Å². The quantitative estimate of drug-likeness (QED) is 0.633. The van der Waals surface area contributed by atoms with Crippen molar-refractivity contribution in [2.45, 2.75) is 0 Å². The maximum absolute atomic E-state index is 11.1. The molecule has 0 aliphatic heterocycles. The summed E-state index contributed by atoms with van der Waals surface area (Å²) in [6.45, 7) is 7.08. The molecule has 0 aliphatic rings. The Morgan fingerprint density at radius 3 is 2.46 bits per heavy atom. The zero-order valence-electron chi connectivity index (χ0n) is 7.49. The van der Waals surface area contributed by atoms with E-state index in [1.54, 1.807) is 31.4 Å². The number of oxazole rings is 1. The summed E-state index contributed by atoms with van der Waals surface area (Å²) in [5, 5.41) is 0.694. The van der Waals surface area contributed by atoms with Gasteiger partial charge in [-0.15, -0.1) is 0 Å². The summed E-state index contributed by atoms with van der Waals surface area (Å²) in [6, 6.07) is 0. The first-order valence-corrected chi connectivity index (χ1v) is 3.82. The van der Waals surface area contributed by atoms with E-state index in [-0.39, 0.29) is 5.76 Å². The van der Waals surface area contributed by atoms with Gasteiger partial charge in [0.05, 0.1) is 5.35 Å². The minimum absolute atomic E-state index is 0.388. The summed E-state index contributed by atoms with van der Waals surface area (Å²) < 4.78 is 6.35. The van der Waals surface area contributed by atoms with Crippen molar-refractivity contribution < 1.29 is 4.42 Å². The molecule has 68 valence electrons. The monoisotopic (exact) mass is 177 g/mol. The van der Waals surface area contributed by atoms with Crippen molar-refractivity contribution in [1.29, 1.82) is 0 Å². The molecular formula is C10H11NO2. The molecule has 0 saturated heterocycles. The van der Waals surface area contributed by atoms with E-state index in [0.717, 1.165) is 0 Å². The normalized spacial score (nSPS) is 13.3. The smallest absolute Gasteiger partial charge is 0.408 e. The van der Waals surface area contributed by atoms with Gasteiger partial charge in [-0.05, 0) is 12.2 Å². The molecule has 1 aromatic rings. The average molecular weight is 177 g/mol. The van der Waals surface area contributed by atoms with E-state index in [9.17, 15) is 4.79 Å². The van der Waals surface area contributed by atoms with Crippen molar-refractivity contribution in [2.24, 2.45) is 7.05 Å². The molecule has 0 spiro atoms. The van der Waals surface area contributed by atoms with Crippen molar-refractivity contribution in [2.75, 3.05) is 0 Å². The first-order valence-electron chi connectivity index (χ1n) is 3.82. The van der Waals surface area contributed by atoms with Crippen LogP contribution in [0.4, 0.5) is 0 Å². The van der Waals surface area contributed by atoms with Gasteiger partial charge in [0.15, 0.2) is 5.42 Å². The average Bonchev–Trinajstić information content (AvgIpc) is 2.34.